The van der Waals surface area contributed by atoms with Gasteiger partial charge in [0, 0.05) is 40.5 Å². The third-order valence-electron chi connectivity index (χ3n) is 6.67. The van der Waals surface area contributed by atoms with E-state index in [2.05, 4.69) is 15.1 Å². The first-order chi connectivity index (χ1) is 18.3. The van der Waals surface area contributed by atoms with Gasteiger partial charge in [-0.3, -0.25) is 19.0 Å². The molecule has 0 unspecified atom stereocenters. The summed E-state index contributed by atoms with van der Waals surface area (Å²) in [7, 11) is 0. The van der Waals surface area contributed by atoms with E-state index in [4.69, 9.17) is 4.42 Å². The number of aromatic nitrogens is 5. The van der Waals surface area contributed by atoms with Crippen molar-refractivity contribution in [2.45, 2.75) is 25.1 Å². The van der Waals surface area contributed by atoms with Crippen LogP contribution in [-0.4, -0.2) is 24.3 Å². The minimum atomic E-state index is -4.48. The minimum absolute atomic E-state index is 0.158. The van der Waals surface area contributed by atoms with Gasteiger partial charge in [0.05, 0.1) is 17.1 Å². The van der Waals surface area contributed by atoms with Gasteiger partial charge in [0.25, 0.3) is 5.56 Å². The van der Waals surface area contributed by atoms with Crippen molar-refractivity contribution in [2.75, 3.05) is 0 Å². The average Bonchev–Trinajstić information content (AvgIpc) is 3.53. The Hall–Kier alpha value is -4.73. The maximum atomic E-state index is 13.4. The van der Waals surface area contributed by atoms with Gasteiger partial charge in [-0.05, 0) is 55.3 Å². The van der Waals surface area contributed by atoms with E-state index < -0.39 is 17.3 Å². The first kappa shape index (κ1) is 22.5. The van der Waals surface area contributed by atoms with E-state index in [1.54, 1.807) is 24.4 Å². The Morgan fingerprint density at radius 2 is 1.74 bits per heavy atom. The normalized spacial score (nSPS) is 14.0. The molecule has 1 aliphatic carbocycles. The van der Waals surface area contributed by atoms with Gasteiger partial charge < -0.3 is 4.42 Å². The highest BCUT2D eigenvalue weighted by molar-refractivity contribution is 5.83. The number of hydrogen-bond acceptors (Lipinski definition) is 5. The van der Waals surface area contributed by atoms with Gasteiger partial charge in [-0.1, -0.05) is 18.2 Å². The van der Waals surface area contributed by atoms with E-state index in [9.17, 15) is 18.0 Å². The predicted octanol–water partition coefficient (Wildman–Crippen LogP) is 6.41. The van der Waals surface area contributed by atoms with Gasteiger partial charge in [0.2, 0.25) is 5.89 Å². The molecule has 0 N–H and O–H groups in total. The molecule has 6 aromatic rings. The third kappa shape index (κ3) is 3.76. The molecule has 0 amide bonds. The first-order valence-electron chi connectivity index (χ1n) is 12.0. The zero-order valence-corrected chi connectivity index (χ0v) is 19.7. The van der Waals surface area contributed by atoms with Crippen LogP contribution in [0.15, 0.2) is 88.5 Å². The second-order valence-electron chi connectivity index (χ2n) is 9.29. The molecule has 7 nitrogen and oxygen atoms in total. The molecule has 0 spiro atoms. The molecule has 1 fully saturated rings. The number of hydrogen-bond donors (Lipinski definition) is 0. The molecule has 0 bridgehead atoms. The number of alkyl halides is 3. The van der Waals surface area contributed by atoms with Crippen molar-refractivity contribution in [1.82, 2.24) is 24.3 Å². The zero-order valence-electron chi connectivity index (χ0n) is 19.7. The molecular formula is C28H18F3N5O2. The third-order valence-corrected chi connectivity index (χ3v) is 6.67. The highest BCUT2D eigenvalue weighted by Gasteiger charge is 2.30. The van der Waals surface area contributed by atoms with Crippen LogP contribution in [0.25, 0.3) is 50.4 Å². The van der Waals surface area contributed by atoms with Crippen molar-refractivity contribution < 1.29 is 17.6 Å². The summed E-state index contributed by atoms with van der Waals surface area (Å²) in [5.41, 5.74) is 0.880. The summed E-state index contributed by atoms with van der Waals surface area (Å²) in [6.07, 6.45) is 2.80. The molecule has 38 heavy (non-hydrogen) atoms. The van der Waals surface area contributed by atoms with Crippen molar-refractivity contribution in [3.63, 3.8) is 0 Å². The number of rotatable bonds is 4. The smallest absolute Gasteiger partial charge is 0.416 e. The fourth-order valence-electron chi connectivity index (χ4n) is 4.54. The molecule has 0 aliphatic heterocycles. The van der Waals surface area contributed by atoms with Crippen LogP contribution >= 0.6 is 0 Å². The number of benzene rings is 2. The lowest BCUT2D eigenvalue weighted by Gasteiger charge is -2.08. The summed E-state index contributed by atoms with van der Waals surface area (Å²) < 4.78 is 49.0. The molecule has 1 saturated carbocycles. The molecule has 188 valence electrons. The van der Waals surface area contributed by atoms with E-state index in [0.29, 0.717) is 22.6 Å². The standard InChI is InChI=1S/C28H18F3N5O2/c29-28(30,31)20-6-3-17(4-7-20)24-25(35-13-11-16-2-1-12-32-23(16)27(35)37)33-26(38-24)18-5-10-22-19(14-18)15-36(34-22)21-8-9-21/h1-7,10-15,21H,8-9H2. The van der Waals surface area contributed by atoms with E-state index in [-0.39, 0.29) is 23.0 Å². The fraction of sp³-hybridized carbons (Fsp3) is 0.143. The van der Waals surface area contributed by atoms with E-state index in [1.165, 1.54) is 22.9 Å². The number of nitrogens with zero attached hydrogens (tertiary/aromatic N) is 5. The summed E-state index contributed by atoms with van der Waals surface area (Å²) in [5.74, 6) is 0.551. The molecule has 10 heteroatoms. The Morgan fingerprint density at radius 3 is 2.50 bits per heavy atom. The Morgan fingerprint density at radius 1 is 0.947 bits per heavy atom. The lowest BCUT2D eigenvalue weighted by molar-refractivity contribution is -0.137. The number of oxazole rings is 1. The average molecular weight is 513 g/mol. The van der Waals surface area contributed by atoms with E-state index >= 15 is 0 Å². The molecule has 0 radical (unpaired) electrons. The van der Waals surface area contributed by atoms with Crippen molar-refractivity contribution in [2.24, 2.45) is 0 Å². The van der Waals surface area contributed by atoms with Crippen molar-refractivity contribution in [1.29, 1.82) is 0 Å². The fourth-order valence-corrected chi connectivity index (χ4v) is 4.54. The van der Waals surface area contributed by atoms with Crippen LogP contribution in [0.1, 0.15) is 24.4 Å². The molecule has 0 atom stereocenters. The summed E-state index contributed by atoms with van der Waals surface area (Å²) in [5, 5.41) is 6.19. The molecule has 7 rings (SSSR count). The van der Waals surface area contributed by atoms with E-state index in [0.717, 1.165) is 35.9 Å². The molecule has 1 aliphatic rings. The summed E-state index contributed by atoms with van der Waals surface area (Å²) in [4.78, 5) is 22.2. The van der Waals surface area contributed by atoms with Crippen LogP contribution in [0, 0.1) is 0 Å². The maximum absolute atomic E-state index is 13.4. The number of pyridine rings is 2. The van der Waals surface area contributed by atoms with Gasteiger partial charge in [0.1, 0.15) is 5.52 Å². The second kappa shape index (κ2) is 8.14. The Labute approximate surface area is 212 Å². The van der Waals surface area contributed by atoms with Crippen LogP contribution in [-0.2, 0) is 6.18 Å². The SMILES string of the molecule is O=c1c2ncccc2ccn1-c1nc(-c2ccc3nn(C4CC4)cc3c2)oc1-c1ccc(C(F)(F)F)cc1. The summed E-state index contributed by atoms with van der Waals surface area (Å²) in [6, 6.07) is 15.8. The van der Waals surface area contributed by atoms with Crippen LogP contribution in [0.4, 0.5) is 13.2 Å². The molecular weight excluding hydrogens is 495 g/mol. The van der Waals surface area contributed by atoms with Gasteiger partial charge in [-0.25, -0.2) is 0 Å². The minimum Gasteiger partial charge on any atom is -0.434 e. The van der Waals surface area contributed by atoms with Crippen molar-refractivity contribution >= 4 is 21.8 Å². The van der Waals surface area contributed by atoms with Crippen LogP contribution in [0.2, 0.25) is 0 Å². The highest BCUT2D eigenvalue weighted by Crippen LogP contribution is 2.37. The van der Waals surface area contributed by atoms with Gasteiger partial charge in [-0.15, -0.1) is 0 Å². The largest absolute Gasteiger partial charge is 0.434 e. The highest BCUT2D eigenvalue weighted by atomic mass is 19.4. The summed E-state index contributed by atoms with van der Waals surface area (Å²) in [6.45, 7) is 0. The summed E-state index contributed by atoms with van der Waals surface area (Å²) >= 11 is 0. The molecule has 4 aromatic heterocycles. The lowest BCUT2D eigenvalue weighted by atomic mass is 10.1. The van der Waals surface area contributed by atoms with Gasteiger partial charge >= 0.3 is 6.18 Å². The Balaban J connectivity index is 1.40. The number of halogens is 3. The zero-order chi connectivity index (χ0) is 26.0. The van der Waals surface area contributed by atoms with Crippen LogP contribution < -0.4 is 5.56 Å². The first-order valence-corrected chi connectivity index (χ1v) is 12.0. The van der Waals surface area contributed by atoms with Gasteiger partial charge in [0.15, 0.2) is 11.6 Å². The second-order valence-corrected chi connectivity index (χ2v) is 9.29. The number of fused-ring (bicyclic) bond motifs is 2. The van der Waals surface area contributed by atoms with Crippen LogP contribution in [0.3, 0.4) is 0 Å². The Kier molecular flexibility index (Phi) is 4.81. The lowest BCUT2D eigenvalue weighted by Crippen LogP contribution is -2.19. The van der Waals surface area contributed by atoms with Crippen molar-refractivity contribution in [3.05, 3.63) is 95.2 Å². The van der Waals surface area contributed by atoms with Crippen LogP contribution in [0.5, 0.6) is 0 Å². The predicted molar refractivity (Wildman–Crippen MR) is 135 cm³/mol. The maximum Gasteiger partial charge on any atom is 0.416 e. The van der Waals surface area contributed by atoms with Gasteiger partial charge in [-0.2, -0.15) is 23.3 Å². The van der Waals surface area contributed by atoms with Crippen molar-refractivity contribution in [3.8, 4) is 28.6 Å². The molecule has 2 aromatic carbocycles. The topological polar surface area (TPSA) is 78.7 Å². The van der Waals surface area contributed by atoms with E-state index in [1.807, 2.05) is 29.1 Å². The monoisotopic (exact) mass is 513 g/mol. The quantitative estimate of drug-likeness (QED) is 0.272. The molecule has 0 saturated heterocycles. The molecule has 4 heterocycles. The Bertz CT molecular complexity index is 1900.